The van der Waals surface area contributed by atoms with Gasteiger partial charge in [0.15, 0.2) is 0 Å². The van der Waals surface area contributed by atoms with Crippen LogP contribution in [0.15, 0.2) is 60.2 Å². The van der Waals surface area contributed by atoms with Crippen LogP contribution in [0.3, 0.4) is 0 Å². The van der Waals surface area contributed by atoms with Gasteiger partial charge in [0.2, 0.25) is 0 Å². The Morgan fingerprint density at radius 1 is 1.15 bits per heavy atom. The largest absolute Gasteiger partial charge is 0.463 e. The Balaban J connectivity index is 1.91. The summed E-state index contributed by atoms with van der Waals surface area (Å²) in [6, 6.07) is 17.7. The van der Waals surface area contributed by atoms with Gasteiger partial charge >= 0.3 is 5.97 Å². The molecule has 26 heavy (non-hydrogen) atoms. The Labute approximate surface area is 154 Å². The van der Waals surface area contributed by atoms with Crippen molar-refractivity contribution < 1.29 is 14.3 Å². The summed E-state index contributed by atoms with van der Waals surface area (Å²) in [5.74, 6) is -0.252. The van der Waals surface area contributed by atoms with E-state index >= 15 is 0 Å². The van der Waals surface area contributed by atoms with E-state index < -0.39 is 0 Å². The highest BCUT2D eigenvalue weighted by Gasteiger charge is 2.25. The SMILES string of the molecule is CCOC(=O)C1=C(c2cccc(C=O)c2)CN(Cc2ccccc2)CC1. The molecule has 1 aliphatic heterocycles. The molecule has 0 saturated heterocycles. The number of rotatable bonds is 6. The van der Waals surface area contributed by atoms with E-state index in [1.807, 2.05) is 43.3 Å². The standard InChI is InChI=1S/C22H23NO3/c1-2-26-22(25)20-11-12-23(14-17-7-4-3-5-8-17)15-21(20)19-10-6-9-18(13-19)16-24/h3-10,13,16H,2,11-12,14-15H2,1H3. The van der Waals surface area contributed by atoms with Crippen molar-refractivity contribution >= 4 is 17.8 Å². The molecule has 2 aromatic carbocycles. The lowest BCUT2D eigenvalue weighted by atomic mass is 9.92. The summed E-state index contributed by atoms with van der Waals surface area (Å²) in [6.45, 7) is 4.46. The minimum atomic E-state index is -0.252. The van der Waals surface area contributed by atoms with Crippen LogP contribution in [-0.2, 0) is 16.1 Å². The normalized spacial score (nSPS) is 15.0. The molecule has 134 valence electrons. The molecule has 0 radical (unpaired) electrons. The third-order valence-corrected chi connectivity index (χ3v) is 4.57. The molecule has 0 aromatic heterocycles. The second-order valence-electron chi connectivity index (χ2n) is 6.37. The first-order chi connectivity index (χ1) is 12.7. The molecule has 0 atom stereocenters. The summed E-state index contributed by atoms with van der Waals surface area (Å²) >= 11 is 0. The first-order valence-electron chi connectivity index (χ1n) is 8.92. The summed E-state index contributed by atoms with van der Waals surface area (Å²) in [7, 11) is 0. The summed E-state index contributed by atoms with van der Waals surface area (Å²) in [6.07, 6.45) is 1.48. The summed E-state index contributed by atoms with van der Waals surface area (Å²) < 4.78 is 5.26. The van der Waals surface area contributed by atoms with Crippen LogP contribution in [0.4, 0.5) is 0 Å². The highest BCUT2D eigenvalue weighted by atomic mass is 16.5. The predicted octanol–water partition coefficient (Wildman–Crippen LogP) is 3.72. The summed E-state index contributed by atoms with van der Waals surface area (Å²) in [4.78, 5) is 25.9. The molecular weight excluding hydrogens is 326 g/mol. The molecule has 4 heteroatoms. The van der Waals surface area contributed by atoms with E-state index in [-0.39, 0.29) is 5.97 Å². The lowest BCUT2D eigenvalue weighted by Crippen LogP contribution is -2.33. The van der Waals surface area contributed by atoms with Gasteiger partial charge in [0.25, 0.3) is 0 Å². The number of carbonyl (C=O) groups is 2. The molecule has 0 amide bonds. The second kappa shape index (κ2) is 8.59. The first-order valence-corrected chi connectivity index (χ1v) is 8.92. The number of carbonyl (C=O) groups excluding carboxylic acids is 2. The highest BCUT2D eigenvalue weighted by molar-refractivity contribution is 5.98. The van der Waals surface area contributed by atoms with Crippen molar-refractivity contribution in [2.24, 2.45) is 0 Å². The van der Waals surface area contributed by atoms with Crippen molar-refractivity contribution in [3.63, 3.8) is 0 Å². The molecule has 0 aliphatic carbocycles. The zero-order valence-electron chi connectivity index (χ0n) is 15.0. The van der Waals surface area contributed by atoms with Gasteiger partial charge in [-0.1, -0.05) is 48.5 Å². The van der Waals surface area contributed by atoms with Gasteiger partial charge < -0.3 is 4.74 Å². The molecule has 1 aliphatic rings. The van der Waals surface area contributed by atoms with Crippen molar-refractivity contribution in [2.75, 3.05) is 19.7 Å². The van der Waals surface area contributed by atoms with Gasteiger partial charge in [-0.3, -0.25) is 9.69 Å². The number of nitrogens with zero attached hydrogens (tertiary/aromatic N) is 1. The Bertz CT molecular complexity index is 811. The molecule has 0 fully saturated rings. The molecule has 0 saturated carbocycles. The topological polar surface area (TPSA) is 46.6 Å². The lowest BCUT2D eigenvalue weighted by molar-refractivity contribution is -0.138. The van der Waals surface area contributed by atoms with Gasteiger partial charge in [-0.05, 0) is 36.1 Å². The zero-order chi connectivity index (χ0) is 18.4. The van der Waals surface area contributed by atoms with Gasteiger partial charge in [-0.25, -0.2) is 4.79 Å². The van der Waals surface area contributed by atoms with Crippen molar-refractivity contribution in [3.05, 3.63) is 76.9 Å². The van der Waals surface area contributed by atoms with Gasteiger partial charge in [-0.2, -0.15) is 0 Å². The molecule has 0 unspecified atom stereocenters. The predicted molar refractivity (Wildman–Crippen MR) is 102 cm³/mol. The van der Waals surface area contributed by atoms with E-state index in [4.69, 9.17) is 4.74 Å². The molecule has 2 aromatic rings. The third-order valence-electron chi connectivity index (χ3n) is 4.57. The van der Waals surface area contributed by atoms with E-state index in [2.05, 4.69) is 17.0 Å². The monoisotopic (exact) mass is 349 g/mol. The fourth-order valence-corrected chi connectivity index (χ4v) is 3.30. The highest BCUT2D eigenvalue weighted by Crippen LogP contribution is 2.29. The van der Waals surface area contributed by atoms with E-state index in [0.29, 0.717) is 25.1 Å². The van der Waals surface area contributed by atoms with Crippen LogP contribution in [0.5, 0.6) is 0 Å². The van der Waals surface area contributed by atoms with Gasteiger partial charge in [0.05, 0.1) is 6.61 Å². The Morgan fingerprint density at radius 3 is 2.69 bits per heavy atom. The number of benzene rings is 2. The maximum absolute atomic E-state index is 12.4. The minimum Gasteiger partial charge on any atom is -0.463 e. The number of ether oxygens (including phenoxy) is 1. The summed E-state index contributed by atoms with van der Waals surface area (Å²) in [5, 5.41) is 0. The van der Waals surface area contributed by atoms with Crippen LogP contribution in [0.25, 0.3) is 5.57 Å². The second-order valence-corrected chi connectivity index (χ2v) is 6.37. The van der Waals surface area contributed by atoms with E-state index in [1.54, 1.807) is 6.07 Å². The van der Waals surface area contributed by atoms with E-state index in [0.717, 1.165) is 36.1 Å². The molecule has 0 bridgehead atoms. The lowest BCUT2D eigenvalue weighted by Gasteiger charge is -2.30. The van der Waals surface area contributed by atoms with Gasteiger partial charge in [0.1, 0.15) is 6.29 Å². The number of esters is 1. The van der Waals surface area contributed by atoms with Crippen molar-refractivity contribution in [1.82, 2.24) is 4.90 Å². The zero-order valence-corrected chi connectivity index (χ0v) is 15.0. The van der Waals surface area contributed by atoms with Crippen LogP contribution in [0.1, 0.15) is 34.8 Å². The fraction of sp³-hybridized carbons (Fsp3) is 0.273. The van der Waals surface area contributed by atoms with E-state index in [9.17, 15) is 9.59 Å². The number of hydrogen-bond donors (Lipinski definition) is 0. The maximum atomic E-state index is 12.4. The molecule has 3 rings (SSSR count). The van der Waals surface area contributed by atoms with Crippen LogP contribution >= 0.6 is 0 Å². The van der Waals surface area contributed by atoms with Crippen LogP contribution in [0.2, 0.25) is 0 Å². The summed E-state index contributed by atoms with van der Waals surface area (Å²) in [5.41, 5.74) is 4.44. The minimum absolute atomic E-state index is 0.252. The Morgan fingerprint density at radius 2 is 1.96 bits per heavy atom. The van der Waals surface area contributed by atoms with Crippen LogP contribution in [-0.4, -0.2) is 36.9 Å². The van der Waals surface area contributed by atoms with Crippen LogP contribution < -0.4 is 0 Å². The third kappa shape index (κ3) is 4.27. The average molecular weight is 349 g/mol. The van der Waals surface area contributed by atoms with Gasteiger partial charge in [-0.15, -0.1) is 0 Å². The molecular formula is C22H23NO3. The fourth-order valence-electron chi connectivity index (χ4n) is 3.30. The van der Waals surface area contributed by atoms with Crippen molar-refractivity contribution in [2.45, 2.75) is 19.9 Å². The number of hydrogen-bond acceptors (Lipinski definition) is 4. The Kier molecular flexibility index (Phi) is 5.97. The van der Waals surface area contributed by atoms with Crippen molar-refractivity contribution in [1.29, 1.82) is 0 Å². The molecule has 1 heterocycles. The average Bonchev–Trinajstić information content (AvgIpc) is 2.69. The number of aldehydes is 1. The molecule has 0 N–H and O–H groups in total. The quantitative estimate of drug-likeness (QED) is 0.589. The van der Waals surface area contributed by atoms with Crippen LogP contribution in [0, 0.1) is 0 Å². The maximum Gasteiger partial charge on any atom is 0.334 e. The van der Waals surface area contributed by atoms with E-state index in [1.165, 1.54) is 5.56 Å². The van der Waals surface area contributed by atoms with Gasteiger partial charge in [0, 0.05) is 30.8 Å². The first kappa shape index (κ1) is 18.1. The molecule has 0 spiro atoms. The van der Waals surface area contributed by atoms with Crippen molar-refractivity contribution in [3.8, 4) is 0 Å². The Hall–Kier alpha value is -2.72. The molecule has 4 nitrogen and oxygen atoms in total. The smallest absolute Gasteiger partial charge is 0.334 e.